The number of rotatable bonds is 6. The number of primary amides is 1. The standard InChI is InChI=1S/C11H18N4O/c1-3-15(2)8-7-14-11-9(10(12)16)5-4-6-13-11/h4-6H,3,7-8H2,1-2H3,(H2,12,16)(H,13,14). The first-order valence-electron chi connectivity index (χ1n) is 5.32. The number of pyridine rings is 1. The molecule has 0 aliphatic heterocycles. The van der Waals surface area contributed by atoms with E-state index in [1.807, 2.05) is 7.05 Å². The number of nitrogens with one attached hydrogen (secondary N) is 1. The van der Waals surface area contributed by atoms with Crippen LogP contribution in [0.2, 0.25) is 0 Å². The van der Waals surface area contributed by atoms with Gasteiger partial charge in [0.05, 0.1) is 5.56 Å². The fourth-order valence-electron chi connectivity index (χ4n) is 1.27. The minimum absolute atomic E-state index is 0.432. The zero-order chi connectivity index (χ0) is 12.0. The summed E-state index contributed by atoms with van der Waals surface area (Å²) in [5.74, 6) is 0.0962. The van der Waals surface area contributed by atoms with Crippen LogP contribution in [0.3, 0.4) is 0 Å². The molecule has 0 aliphatic rings. The smallest absolute Gasteiger partial charge is 0.252 e. The number of nitrogens with zero attached hydrogens (tertiary/aromatic N) is 2. The Morgan fingerprint density at radius 2 is 2.38 bits per heavy atom. The third-order valence-corrected chi connectivity index (χ3v) is 2.40. The Hall–Kier alpha value is -1.62. The third-order valence-electron chi connectivity index (χ3n) is 2.40. The quantitative estimate of drug-likeness (QED) is 0.737. The Morgan fingerprint density at radius 3 is 3.00 bits per heavy atom. The maximum absolute atomic E-state index is 11.1. The van der Waals surface area contributed by atoms with Crippen molar-refractivity contribution < 1.29 is 4.79 Å². The van der Waals surface area contributed by atoms with Crippen LogP contribution >= 0.6 is 0 Å². The highest BCUT2D eigenvalue weighted by Crippen LogP contribution is 2.09. The molecule has 5 heteroatoms. The molecule has 0 atom stereocenters. The Balaban J connectivity index is 2.56. The summed E-state index contributed by atoms with van der Waals surface area (Å²) in [5.41, 5.74) is 5.68. The van der Waals surface area contributed by atoms with Crippen molar-refractivity contribution in [1.82, 2.24) is 9.88 Å². The first-order chi connectivity index (χ1) is 7.65. The normalized spacial score (nSPS) is 10.4. The van der Waals surface area contributed by atoms with Crippen molar-refractivity contribution in [3.63, 3.8) is 0 Å². The van der Waals surface area contributed by atoms with E-state index in [0.29, 0.717) is 11.4 Å². The van der Waals surface area contributed by atoms with Crippen LogP contribution in [0.15, 0.2) is 18.3 Å². The summed E-state index contributed by atoms with van der Waals surface area (Å²) < 4.78 is 0. The van der Waals surface area contributed by atoms with Crippen LogP contribution in [0.25, 0.3) is 0 Å². The molecule has 1 heterocycles. The average molecular weight is 222 g/mol. The second-order valence-electron chi connectivity index (χ2n) is 3.59. The fourth-order valence-corrected chi connectivity index (χ4v) is 1.27. The number of likely N-dealkylation sites (N-methyl/N-ethyl adjacent to an activating group) is 1. The van der Waals surface area contributed by atoms with Crippen molar-refractivity contribution in [2.45, 2.75) is 6.92 Å². The lowest BCUT2D eigenvalue weighted by molar-refractivity contribution is 0.100. The molecule has 0 saturated carbocycles. The van der Waals surface area contributed by atoms with Gasteiger partial charge in [0, 0.05) is 19.3 Å². The monoisotopic (exact) mass is 222 g/mol. The van der Waals surface area contributed by atoms with E-state index < -0.39 is 5.91 Å². The number of aromatic nitrogens is 1. The van der Waals surface area contributed by atoms with E-state index in [1.165, 1.54) is 0 Å². The first kappa shape index (κ1) is 12.4. The number of anilines is 1. The van der Waals surface area contributed by atoms with Crippen LogP contribution in [0.1, 0.15) is 17.3 Å². The van der Waals surface area contributed by atoms with Crippen LogP contribution in [0.5, 0.6) is 0 Å². The fraction of sp³-hybridized carbons (Fsp3) is 0.455. The van der Waals surface area contributed by atoms with E-state index >= 15 is 0 Å². The van der Waals surface area contributed by atoms with Crippen molar-refractivity contribution in [1.29, 1.82) is 0 Å². The second-order valence-corrected chi connectivity index (χ2v) is 3.59. The summed E-state index contributed by atoms with van der Waals surface area (Å²) in [6.45, 7) is 4.72. The number of amides is 1. The van der Waals surface area contributed by atoms with Crippen molar-refractivity contribution in [3.05, 3.63) is 23.9 Å². The van der Waals surface area contributed by atoms with E-state index in [9.17, 15) is 4.79 Å². The summed E-state index contributed by atoms with van der Waals surface area (Å²) in [4.78, 5) is 17.4. The van der Waals surface area contributed by atoms with Gasteiger partial charge in [-0.3, -0.25) is 4.79 Å². The summed E-state index contributed by atoms with van der Waals surface area (Å²) in [6.07, 6.45) is 1.64. The first-order valence-corrected chi connectivity index (χ1v) is 5.32. The number of carbonyl (C=O) groups excluding carboxylic acids is 1. The molecule has 0 spiro atoms. The minimum atomic E-state index is -0.459. The number of carbonyl (C=O) groups is 1. The van der Waals surface area contributed by atoms with Gasteiger partial charge in [-0.1, -0.05) is 6.92 Å². The molecule has 16 heavy (non-hydrogen) atoms. The lowest BCUT2D eigenvalue weighted by atomic mass is 10.2. The lowest BCUT2D eigenvalue weighted by Gasteiger charge is -2.15. The maximum atomic E-state index is 11.1. The maximum Gasteiger partial charge on any atom is 0.252 e. The Morgan fingerprint density at radius 1 is 1.62 bits per heavy atom. The highest BCUT2D eigenvalue weighted by molar-refractivity contribution is 5.97. The zero-order valence-electron chi connectivity index (χ0n) is 9.73. The number of nitrogens with two attached hydrogens (primary N) is 1. The topological polar surface area (TPSA) is 71.2 Å². The van der Waals surface area contributed by atoms with Gasteiger partial charge in [0.15, 0.2) is 0 Å². The van der Waals surface area contributed by atoms with Gasteiger partial charge in [-0.2, -0.15) is 0 Å². The minimum Gasteiger partial charge on any atom is -0.368 e. The van der Waals surface area contributed by atoms with Gasteiger partial charge in [-0.05, 0) is 25.7 Å². The molecule has 1 aromatic rings. The van der Waals surface area contributed by atoms with Crippen molar-refractivity contribution in [2.24, 2.45) is 5.73 Å². The number of hydrogen-bond donors (Lipinski definition) is 2. The molecule has 1 aromatic heterocycles. The van der Waals surface area contributed by atoms with Crippen molar-refractivity contribution >= 4 is 11.7 Å². The predicted octanol–water partition coefficient (Wildman–Crippen LogP) is 0.544. The molecule has 0 aromatic carbocycles. The Kier molecular flexibility index (Phi) is 4.72. The summed E-state index contributed by atoms with van der Waals surface area (Å²) in [7, 11) is 2.04. The summed E-state index contributed by atoms with van der Waals surface area (Å²) >= 11 is 0. The third kappa shape index (κ3) is 3.51. The van der Waals surface area contributed by atoms with Crippen molar-refractivity contribution in [2.75, 3.05) is 32.0 Å². The second kappa shape index (κ2) is 6.07. The Bertz CT molecular complexity index is 354. The highest BCUT2D eigenvalue weighted by Gasteiger charge is 2.07. The van der Waals surface area contributed by atoms with E-state index in [4.69, 9.17) is 5.73 Å². The molecular formula is C11H18N4O. The molecule has 1 rings (SSSR count). The Labute approximate surface area is 95.7 Å². The van der Waals surface area contributed by atoms with Crippen LogP contribution < -0.4 is 11.1 Å². The van der Waals surface area contributed by atoms with Gasteiger partial charge in [0.25, 0.3) is 5.91 Å². The molecule has 0 fully saturated rings. The van der Waals surface area contributed by atoms with Crippen LogP contribution in [-0.2, 0) is 0 Å². The van der Waals surface area contributed by atoms with Gasteiger partial charge in [-0.25, -0.2) is 4.98 Å². The lowest BCUT2D eigenvalue weighted by Crippen LogP contribution is -2.26. The molecule has 1 amide bonds. The molecule has 0 radical (unpaired) electrons. The number of hydrogen-bond acceptors (Lipinski definition) is 4. The molecule has 0 saturated heterocycles. The summed E-state index contributed by atoms with van der Waals surface area (Å²) in [5, 5.41) is 3.11. The largest absolute Gasteiger partial charge is 0.368 e. The van der Waals surface area contributed by atoms with E-state index in [2.05, 4.69) is 22.1 Å². The van der Waals surface area contributed by atoms with Gasteiger partial charge in [0.2, 0.25) is 0 Å². The van der Waals surface area contributed by atoms with Crippen LogP contribution in [0.4, 0.5) is 5.82 Å². The average Bonchev–Trinajstić information content (AvgIpc) is 2.29. The SMILES string of the molecule is CCN(C)CCNc1ncccc1C(N)=O. The zero-order valence-corrected chi connectivity index (χ0v) is 9.73. The van der Waals surface area contributed by atoms with E-state index in [0.717, 1.165) is 19.6 Å². The molecule has 5 nitrogen and oxygen atoms in total. The van der Waals surface area contributed by atoms with Gasteiger partial charge >= 0.3 is 0 Å². The van der Waals surface area contributed by atoms with Gasteiger partial charge < -0.3 is 16.0 Å². The molecule has 3 N–H and O–H groups in total. The molecule has 88 valence electrons. The van der Waals surface area contributed by atoms with Crippen LogP contribution in [0, 0.1) is 0 Å². The van der Waals surface area contributed by atoms with E-state index in [1.54, 1.807) is 18.3 Å². The molecule has 0 bridgehead atoms. The van der Waals surface area contributed by atoms with E-state index in [-0.39, 0.29) is 0 Å². The van der Waals surface area contributed by atoms with Crippen LogP contribution in [-0.4, -0.2) is 42.5 Å². The molecule has 0 unspecified atom stereocenters. The highest BCUT2D eigenvalue weighted by atomic mass is 16.1. The molecular weight excluding hydrogens is 204 g/mol. The molecule has 0 aliphatic carbocycles. The van der Waals surface area contributed by atoms with Crippen molar-refractivity contribution in [3.8, 4) is 0 Å². The van der Waals surface area contributed by atoms with Gasteiger partial charge in [-0.15, -0.1) is 0 Å². The summed E-state index contributed by atoms with van der Waals surface area (Å²) in [6, 6.07) is 3.37. The van der Waals surface area contributed by atoms with Gasteiger partial charge in [0.1, 0.15) is 5.82 Å². The predicted molar refractivity (Wildman–Crippen MR) is 64.4 cm³/mol.